The van der Waals surface area contributed by atoms with Crippen molar-refractivity contribution in [2.24, 2.45) is 0 Å². The molecule has 1 amide bonds. The molecule has 0 spiro atoms. The highest BCUT2D eigenvalue weighted by molar-refractivity contribution is 7.89. The molecular weight excluding hydrogens is 411 g/mol. The highest BCUT2D eigenvalue weighted by Crippen LogP contribution is 2.19. The number of nitrogens with one attached hydrogen (secondary N) is 2. The molecule has 1 heterocycles. The number of carbonyl (C=O) groups is 1. The molecule has 1 aromatic heterocycles. The number of carbonyl (C=O) groups excluding carboxylic acids is 1. The third-order valence-corrected chi connectivity index (χ3v) is 6.00. The molecule has 2 aromatic carbocycles. The van der Waals surface area contributed by atoms with Crippen molar-refractivity contribution in [3.05, 3.63) is 76.5 Å². The first-order valence-electron chi connectivity index (χ1n) is 8.85. The largest absolute Gasteiger partial charge is 0.325 e. The Morgan fingerprint density at radius 1 is 1.17 bits per heavy atom. The molecule has 2 N–H and O–H groups in total. The number of nitrogens with zero attached hydrogens (tertiary/aromatic N) is 2. The van der Waals surface area contributed by atoms with Crippen LogP contribution in [-0.4, -0.2) is 42.2 Å². The van der Waals surface area contributed by atoms with Gasteiger partial charge in [0.1, 0.15) is 11.6 Å². The van der Waals surface area contributed by atoms with Crippen LogP contribution in [0.5, 0.6) is 0 Å². The predicted molar refractivity (Wildman–Crippen MR) is 110 cm³/mol. The summed E-state index contributed by atoms with van der Waals surface area (Å²) in [5, 5.41) is 2.62. The number of benzene rings is 2. The van der Waals surface area contributed by atoms with Crippen LogP contribution in [0, 0.1) is 12.7 Å². The fourth-order valence-corrected chi connectivity index (χ4v) is 3.86. The van der Waals surface area contributed by atoms with Crippen molar-refractivity contribution >= 4 is 21.6 Å². The van der Waals surface area contributed by atoms with Crippen LogP contribution in [0.15, 0.2) is 64.3 Å². The van der Waals surface area contributed by atoms with Crippen molar-refractivity contribution in [3.8, 4) is 11.4 Å². The summed E-state index contributed by atoms with van der Waals surface area (Å²) in [4.78, 5) is 30.8. The molecule has 0 aliphatic rings. The number of rotatable bonds is 6. The number of amides is 1. The number of sulfonamides is 1. The Bertz CT molecular complexity index is 1240. The highest BCUT2D eigenvalue weighted by atomic mass is 32.2. The van der Waals surface area contributed by atoms with Gasteiger partial charge in [0, 0.05) is 30.1 Å². The lowest BCUT2D eigenvalue weighted by molar-refractivity contribution is -0.116. The van der Waals surface area contributed by atoms with Gasteiger partial charge in [-0.3, -0.25) is 9.59 Å². The third kappa shape index (κ3) is 4.97. The van der Waals surface area contributed by atoms with Crippen LogP contribution in [0.2, 0.25) is 0 Å². The summed E-state index contributed by atoms with van der Waals surface area (Å²) in [6, 6.07) is 12.4. The Kier molecular flexibility index (Phi) is 6.09. The van der Waals surface area contributed by atoms with E-state index < -0.39 is 28.3 Å². The van der Waals surface area contributed by atoms with Crippen molar-refractivity contribution in [3.63, 3.8) is 0 Å². The minimum Gasteiger partial charge on any atom is -0.325 e. The Hall–Kier alpha value is -3.37. The van der Waals surface area contributed by atoms with Gasteiger partial charge in [0.05, 0.1) is 11.4 Å². The molecule has 0 aliphatic carbocycles. The molecule has 8 nitrogen and oxygen atoms in total. The second-order valence-corrected chi connectivity index (χ2v) is 8.62. The van der Waals surface area contributed by atoms with E-state index in [1.165, 1.54) is 13.1 Å². The van der Waals surface area contributed by atoms with Gasteiger partial charge in [-0.05, 0) is 43.3 Å². The number of aromatic nitrogens is 2. The summed E-state index contributed by atoms with van der Waals surface area (Å²) < 4.78 is 38.9. The Morgan fingerprint density at radius 2 is 1.87 bits per heavy atom. The molecule has 0 fully saturated rings. The second-order valence-electron chi connectivity index (χ2n) is 6.58. The van der Waals surface area contributed by atoms with Crippen LogP contribution in [0.1, 0.15) is 5.69 Å². The van der Waals surface area contributed by atoms with Gasteiger partial charge in [-0.25, -0.2) is 17.8 Å². The SMILES string of the molecule is Cc1cc(=O)[nH]c(-c2cccc(NC(=O)CN(C)S(=O)(=O)c3ccc(F)cc3)c2)n1. The molecule has 156 valence electrons. The minimum absolute atomic E-state index is 0.115. The minimum atomic E-state index is -3.95. The zero-order chi connectivity index (χ0) is 21.9. The van der Waals surface area contributed by atoms with E-state index in [1.54, 1.807) is 31.2 Å². The van der Waals surface area contributed by atoms with Gasteiger partial charge in [-0.15, -0.1) is 0 Å². The lowest BCUT2D eigenvalue weighted by Crippen LogP contribution is -2.35. The molecule has 0 aliphatic heterocycles. The summed E-state index contributed by atoms with van der Waals surface area (Å²) in [5.74, 6) is -0.767. The van der Waals surface area contributed by atoms with Crippen LogP contribution in [0.3, 0.4) is 0 Å². The highest BCUT2D eigenvalue weighted by Gasteiger charge is 2.23. The number of hydrogen-bond acceptors (Lipinski definition) is 5. The number of halogens is 1. The average molecular weight is 430 g/mol. The van der Waals surface area contributed by atoms with E-state index in [2.05, 4.69) is 15.3 Å². The molecule has 10 heteroatoms. The molecule has 0 atom stereocenters. The molecule has 0 saturated carbocycles. The van der Waals surface area contributed by atoms with E-state index in [4.69, 9.17) is 0 Å². The van der Waals surface area contributed by atoms with Crippen molar-refractivity contribution in [1.29, 1.82) is 0 Å². The van der Waals surface area contributed by atoms with Crippen molar-refractivity contribution < 1.29 is 17.6 Å². The van der Waals surface area contributed by atoms with Gasteiger partial charge in [0.2, 0.25) is 15.9 Å². The van der Waals surface area contributed by atoms with Gasteiger partial charge in [0.25, 0.3) is 5.56 Å². The van der Waals surface area contributed by atoms with E-state index >= 15 is 0 Å². The maximum atomic E-state index is 13.0. The van der Waals surface area contributed by atoms with Crippen LogP contribution in [-0.2, 0) is 14.8 Å². The van der Waals surface area contributed by atoms with E-state index in [9.17, 15) is 22.4 Å². The summed E-state index contributed by atoms with van der Waals surface area (Å²) >= 11 is 0. The second kappa shape index (κ2) is 8.56. The maximum Gasteiger partial charge on any atom is 0.251 e. The standard InChI is InChI=1S/C20H19FN4O4S/c1-13-10-18(26)24-20(22-13)14-4-3-5-16(11-14)23-19(27)12-25(2)30(28,29)17-8-6-15(21)7-9-17/h3-11H,12H2,1-2H3,(H,23,27)(H,22,24,26). The normalized spacial score (nSPS) is 11.5. The van der Waals surface area contributed by atoms with Crippen LogP contribution in [0.25, 0.3) is 11.4 Å². The topological polar surface area (TPSA) is 112 Å². The van der Waals surface area contributed by atoms with E-state index in [0.29, 0.717) is 22.8 Å². The van der Waals surface area contributed by atoms with E-state index in [0.717, 1.165) is 28.6 Å². The van der Waals surface area contributed by atoms with E-state index in [-0.39, 0.29) is 10.5 Å². The van der Waals surface area contributed by atoms with Gasteiger partial charge in [0.15, 0.2) is 0 Å². The lowest BCUT2D eigenvalue weighted by Gasteiger charge is -2.17. The van der Waals surface area contributed by atoms with E-state index in [1.807, 2.05) is 0 Å². The summed E-state index contributed by atoms with van der Waals surface area (Å²) in [6.07, 6.45) is 0. The lowest BCUT2D eigenvalue weighted by atomic mass is 10.2. The van der Waals surface area contributed by atoms with Crippen molar-refractivity contribution in [2.45, 2.75) is 11.8 Å². The molecular formula is C20H19FN4O4S. The van der Waals surface area contributed by atoms with Crippen LogP contribution < -0.4 is 10.9 Å². The number of hydrogen-bond donors (Lipinski definition) is 2. The first-order valence-corrected chi connectivity index (χ1v) is 10.3. The Balaban J connectivity index is 1.73. The number of aromatic amines is 1. The van der Waals surface area contributed by atoms with Crippen LogP contribution in [0.4, 0.5) is 10.1 Å². The van der Waals surface area contributed by atoms with Gasteiger partial charge >= 0.3 is 0 Å². The van der Waals surface area contributed by atoms with Crippen molar-refractivity contribution in [1.82, 2.24) is 14.3 Å². The average Bonchev–Trinajstić information content (AvgIpc) is 2.67. The van der Waals surface area contributed by atoms with Gasteiger partial charge < -0.3 is 10.3 Å². The Labute approximate surface area is 172 Å². The Morgan fingerprint density at radius 3 is 2.53 bits per heavy atom. The third-order valence-electron chi connectivity index (χ3n) is 4.18. The zero-order valence-corrected chi connectivity index (χ0v) is 17.0. The smallest absolute Gasteiger partial charge is 0.251 e. The van der Waals surface area contributed by atoms with Crippen LogP contribution >= 0.6 is 0 Å². The summed E-state index contributed by atoms with van der Waals surface area (Å²) in [7, 11) is -2.69. The molecule has 0 bridgehead atoms. The number of likely N-dealkylation sites (N-methyl/N-ethyl adjacent to an activating group) is 1. The quantitative estimate of drug-likeness (QED) is 0.622. The number of H-pyrrole nitrogens is 1. The molecule has 3 rings (SSSR count). The summed E-state index contributed by atoms with van der Waals surface area (Å²) in [5.41, 5.74) is 1.26. The fraction of sp³-hybridized carbons (Fsp3) is 0.150. The van der Waals surface area contributed by atoms with Gasteiger partial charge in [-0.2, -0.15) is 4.31 Å². The number of aryl methyl sites for hydroxylation is 1. The van der Waals surface area contributed by atoms with Crippen molar-refractivity contribution in [2.75, 3.05) is 18.9 Å². The molecule has 30 heavy (non-hydrogen) atoms. The first-order chi connectivity index (χ1) is 14.1. The summed E-state index contributed by atoms with van der Waals surface area (Å²) in [6.45, 7) is 1.26. The maximum absolute atomic E-state index is 13.0. The monoisotopic (exact) mass is 430 g/mol. The first kappa shape index (κ1) is 21.3. The zero-order valence-electron chi connectivity index (χ0n) is 16.2. The molecule has 0 radical (unpaired) electrons. The van der Waals surface area contributed by atoms with Gasteiger partial charge in [-0.1, -0.05) is 12.1 Å². The number of anilines is 1. The molecule has 0 unspecified atom stereocenters. The fourth-order valence-electron chi connectivity index (χ4n) is 2.73. The molecule has 0 saturated heterocycles. The molecule has 3 aromatic rings. The predicted octanol–water partition coefficient (Wildman–Crippen LogP) is 2.14.